The second kappa shape index (κ2) is 36.3. The number of hydrogen-bond acceptors (Lipinski definition) is 0. The number of hydrogen-bond donors (Lipinski definition) is 0. The highest BCUT2D eigenvalue weighted by molar-refractivity contribution is 5.89. The Morgan fingerprint density at radius 2 is 1.25 bits per heavy atom. The zero-order chi connectivity index (χ0) is 56.5. The van der Waals surface area contributed by atoms with E-state index >= 15 is 0 Å². The van der Waals surface area contributed by atoms with Crippen molar-refractivity contribution >= 4 is 22.3 Å². The average molecular weight is 1010 g/mol. The quantitative estimate of drug-likeness (QED) is 0.103. The second-order valence-corrected chi connectivity index (χ2v) is 19.2. The number of fused-ring (bicyclic) bond motifs is 2. The maximum Gasteiger partial charge on any atom is 0.0155 e. The molecule has 0 atom stereocenters. The van der Waals surface area contributed by atoms with Crippen LogP contribution in [0.15, 0.2) is 213 Å². The molecule has 76 heavy (non-hydrogen) atoms. The molecule has 1 saturated carbocycles. The van der Waals surface area contributed by atoms with Crippen molar-refractivity contribution in [2.45, 2.75) is 161 Å². The molecule has 5 aromatic carbocycles. The SMILES string of the molecule is C/C=C(/C=C\C=C(/C)c1ccc(C)cc1)c1ccc2c(c1C)C1=C(C=CCC1)C2(C)C.C1CC1.C=C(/C=C\C=C/C)c1cccc(-c2ccc(C)cc2)c1C.C=C/C=C\C=C/Cc1ccc(CC)cc1.CC.CC.CC. The molecule has 1 fully saturated rings. The molecule has 0 N–H and O–H groups in total. The van der Waals surface area contributed by atoms with E-state index in [9.17, 15) is 0 Å². The first kappa shape index (κ1) is 65.4. The maximum atomic E-state index is 4.19. The van der Waals surface area contributed by atoms with Crippen molar-refractivity contribution < 1.29 is 0 Å². The van der Waals surface area contributed by atoms with Crippen LogP contribution in [0.5, 0.6) is 0 Å². The van der Waals surface area contributed by atoms with E-state index in [1.807, 2.05) is 78.8 Å². The third-order valence-corrected chi connectivity index (χ3v) is 13.3. The van der Waals surface area contributed by atoms with Gasteiger partial charge in [-0.2, -0.15) is 0 Å². The molecule has 0 spiro atoms. The summed E-state index contributed by atoms with van der Waals surface area (Å²) in [4.78, 5) is 0. The molecule has 0 unspecified atom stereocenters. The fourth-order valence-corrected chi connectivity index (χ4v) is 8.88. The van der Waals surface area contributed by atoms with Gasteiger partial charge in [0.05, 0.1) is 0 Å². The number of rotatable bonds is 13. The Morgan fingerprint density at radius 3 is 1.83 bits per heavy atom. The molecule has 0 bridgehead atoms. The first-order valence-electron chi connectivity index (χ1n) is 28.6. The summed E-state index contributed by atoms with van der Waals surface area (Å²) in [5, 5.41) is 0. The first-order chi connectivity index (χ1) is 36.8. The summed E-state index contributed by atoms with van der Waals surface area (Å²) in [6, 6.07) is 37.3. The van der Waals surface area contributed by atoms with Crippen LogP contribution in [0, 0.1) is 27.7 Å². The molecule has 3 aliphatic rings. The molecule has 402 valence electrons. The number of benzene rings is 5. The predicted molar refractivity (Wildman–Crippen MR) is 347 cm³/mol. The minimum absolute atomic E-state index is 0.102. The molecule has 8 rings (SSSR count). The predicted octanol–water partition coefficient (Wildman–Crippen LogP) is 23.2. The largest absolute Gasteiger partial charge is 0.0991 e. The first-order valence-corrected chi connectivity index (χ1v) is 28.6. The molecular weight excluding hydrogens is 913 g/mol. The van der Waals surface area contributed by atoms with Crippen molar-refractivity contribution in [3.05, 3.63) is 274 Å². The van der Waals surface area contributed by atoms with Gasteiger partial charge in [0.15, 0.2) is 0 Å². The van der Waals surface area contributed by atoms with Crippen LogP contribution in [0.1, 0.15) is 176 Å². The maximum absolute atomic E-state index is 4.19. The Hall–Kier alpha value is -6.76. The van der Waals surface area contributed by atoms with Gasteiger partial charge in [-0.3, -0.25) is 0 Å². The van der Waals surface area contributed by atoms with Gasteiger partial charge in [0, 0.05) is 5.41 Å². The summed E-state index contributed by atoms with van der Waals surface area (Å²) in [7, 11) is 0. The van der Waals surface area contributed by atoms with Gasteiger partial charge in [-0.15, -0.1) is 0 Å². The third kappa shape index (κ3) is 20.4. The molecule has 0 aromatic heterocycles. The molecular formula is C76H98. The molecule has 0 saturated heterocycles. The number of allylic oxidation sites excluding steroid dienone is 20. The molecule has 0 amide bonds. The van der Waals surface area contributed by atoms with Crippen molar-refractivity contribution in [2.75, 3.05) is 0 Å². The fourth-order valence-electron chi connectivity index (χ4n) is 8.88. The highest BCUT2D eigenvalue weighted by Crippen LogP contribution is 2.52. The van der Waals surface area contributed by atoms with Gasteiger partial charge in [0.1, 0.15) is 0 Å². The van der Waals surface area contributed by atoms with E-state index in [1.165, 1.54) is 108 Å². The Labute approximate surface area is 466 Å². The van der Waals surface area contributed by atoms with Gasteiger partial charge in [-0.05, 0) is 163 Å². The third-order valence-electron chi connectivity index (χ3n) is 13.3. The van der Waals surface area contributed by atoms with E-state index in [-0.39, 0.29) is 5.41 Å². The fraction of sp³-hybridized carbons (Fsp3) is 0.316. The van der Waals surface area contributed by atoms with Crippen LogP contribution in [0.3, 0.4) is 0 Å². The zero-order valence-corrected chi connectivity index (χ0v) is 50.3. The smallest absolute Gasteiger partial charge is 0.0155 e. The van der Waals surface area contributed by atoms with E-state index in [4.69, 9.17) is 0 Å². The van der Waals surface area contributed by atoms with Crippen LogP contribution in [0.25, 0.3) is 33.4 Å². The van der Waals surface area contributed by atoms with Gasteiger partial charge >= 0.3 is 0 Å². The Kier molecular flexibility index (Phi) is 31.2. The van der Waals surface area contributed by atoms with Crippen LogP contribution in [0.2, 0.25) is 0 Å². The van der Waals surface area contributed by atoms with Crippen LogP contribution in [-0.4, -0.2) is 0 Å². The minimum Gasteiger partial charge on any atom is -0.0991 e. The highest BCUT2D eigenvalue weighted by Gasteiger charge is 2.38. The summed E-state index contributed by atoms with van der Waals surface area (Å²) in [5.74, 6) is 0. The zero-order valence-electron chi connectivity index (χ0n) is 50.3. The highest BCUT2D eigenvalue weighted by atomic mass is 14.4. The van der Waals surface area contributed by atoms with Crippen molar-refractivity contribution in [3.63, 3.8) is 0 Å². The summed E-state index contributed by atoms with van der Waals surface area (Å²) in [6.45, 7) is 41.8. The van der Waals surface area contributed by atoms with Gasteiger partial charge in [-0.1, -0.05) is 300 Å². The van der Waals surface area contributed by atoms with Gasteiger partial charge < -0.3 is 0 Å². The topological polar surface area (TPSA) is 0 Å². The monoisotopic (exact) mass is 1010 g/mol. The van der Waals surface area contributed by atoms with Gasteiger partial charge in [0.25, 0.3) is 0 Å². The van der Waals surface area contributed by atoms with E-state index in [1.54, 1.807) is 11.6 Å². The van der Waals surface area contributed by atoms with Crippen molar-refractivity contribution in [1.29, 1.82) is 0 Å². The lowest BCUT2D eigenvalue weighted by Crippen LogP contribution is -2.16. The lowest BCUT2D eigenvalue weighted by atomic mass is 9.79. The Balaban J connectivity index is 0.000000381. The van der Waals surface area contributed by atoms with Crippen molar-refractivity contribution in [1.82, 2.24) is 0 Å². The normalized spacial score (nSPS) is 13.9. The Bertz CT molecular complexity index is 2800. The van der Waals surface area contributed by atoms with Crippen LogP contribution in [0.4, 0.5) is 0 Å². The summed E-state index contributed by atoms with van der Waals surface area (Å²) in [5.41, 5.74) is 24.2. The molecule has 0 aliphatic heterocycles. The van der Waals surface area contributed by atoms with Gasteiger partial charge in [0.2, 0.25) is 0 Å². The molecule has 3 aliphatic carbocycles. The van der Waals surface area contributed by atoms with E-state index in [2.05, 4.69) is 233 Å². The molecule has 0 radical (unpaired) electrons. The van der Waals surface area contributed by atoms with E-state index in [0.717, 1.165) is 31.3 Å². The molecule has 0 heteroatoms. The van der Waals surface area contributed by atoms with Crippen LogP contribution in [-0.2, 0) is 18.3 Å². The van der Waals surface area contributed by atoms with Gasteiger partial charge in [-0.25, -0.2) is 0 Å². The lowest BCUT2D eigenvalue weighted by Gasteiger charge is -2.24. The second-order valence-electron chi connectivity index (χ2n) is 19.2. The lowest BCUT2D eigenvalue weighted by molar-refractivity contribution is 0.651. The minimum atomic E-state index is 0.102. The average Bonchev–Trinajstić information content (AvgIpc) is 4.36. The standard InChI is InChI=1S/C31H34.C21H22.C15H18.C3H6.3C2H6/c1-7-24(12-10-11-22(3)25-17-15-21(2)16-18-25)26-19-20-29-30(23(26)4)27-13-8-9-14-28(27)31(29,5)6;1-5-6-7-9-17(3)20-10-8-11-21(18(20)4)19-14-12-16(2)13-15-19;1-3-5-6-7-8-9-15-12-10-14(4-2)11-13-15;1-2-3-1;3*1-2/h7,9-12,14-20H,8,13H2,1-6H3;5-15H,3H2,1-2,4H3;3,5-8,10-13H,1,4,9H2,2H3;1-3H2;3*1-2H3/b12-10-,22-11+,24-7-;6-5-,9-7-;6-5-,8-7-;;;;. The van der Waals surface area contributed by atoms with Crippen LogP contribution >= 0.6 is 0 Å². The molecule has 0 heterocycles. The molecule has 0 nitrogen and oxygen atoms in total. The summed E-state index contributed by atoms with van der Waals surface area (Å²) < 4.78 is 0. The van der Waals surface area contributed by atoms with E-state index < -0.39 is 0 Å². The number of aryl methyl sites for hydroxylation is 3. The summed E-state index contributed by atoms with van der Waals surface area (Å²) in [6.07, 6.45) is 40.5. The van der Waals surface area contributed by atoms with Crippen LogP contribution < -0.4 is 0 Å². The van der Waals surface area contributed by atoms with Crippen molar-refractivity contribution in [3.8, 4) is 11.1 Å². The summed E-state index contributed by atoms with van der Waals surface area (Å²) >= 11 is 0. The van der Waals surface area contributed by atoms with E-state index in [0.29, 0.717) is 0 Å². The molecule has 5 aromatic rings. The van der Waals surface area contributed by atoms with Crippen molar-refractivity contribution in [2.24, 2.45) is 0 Å². The Morgan fingerprint density at radius 1 is 0.632 bits per heavy atom.